The van der Waals surface area contributed by atoms with E-state index in [2.05, 4.69) is 0 Å². The zero-order chi connectivity index (χ0) is 10.1. The fourth-order valence-electron chi connectivity index (χ4n) is 1.22. The van der Waals surface area contributed by atoms with Gasteiger partial charge >= 0.3 is 0 Å². The van der Waals surface area contributed by atoms with E-state index in [0.717, 1.165) is 5.69 Å². The first-order valence-corrected chi connectivity index (χ1v) is 5.87. The number of hydrogen-bond acceptors (Lipinski definition) is 2. The molecule has 1 unspecified atom stereocenters. The van der Waals surface area contributed by atoms with Crippen molar-refractivity contribution in [3.8, 4) is 0 Å². The van der Waals surface area contributed by atoms with Crippen LogP contribution < -0.4 is 4.90 Å². The summed E-state index contributed by atoms with van der Waals surface area (Å²) in [5, 5.41) is 0.662. The first-order valence-electron chi connectivity index (χ1n) is 4.01. The first kappa shape index (κ1) is 10.1. The number of hydrogen-bond donors (Lipinski definition) is 0. The van der Waals surface area contributed by atoms with Crippen LogP contribution in [-0.4, -0.2) is 16.5 Å². The lowest BCUT2D eigenvalue weighted by molar-refractivity contribution is -0.116. The third kappa shape index (κ3) is 1.85. The number of carbonyl (C=O) groups is 1. The molecule has 5 heteroatoms. The van der Waals surface area contributed by atoms with Crippen LogP contribution in [0, 0.1) is 0 Å². The molecule has 1 saturated heterocycles. The lowest BCUT2D eigenvalue weighted by atomic mass is 10.3. The van der Waals surface area contributed by atoms with E-state index in [1.165, 1.54) is 11.8 Å². The summed E-state index contributed by atoms with van der Waals surface area (Å²) in [6.07, 6.45) is 0. The molecule has 1 aromatic rings. The fraction of sp³-hybridized carbons (Fsp3) is 0.222. The maximum Gasteiger partial charge on any atom is 0.256 e. The number of amides is 1. The second kappa shape index (κ2) is 4.01. The minimum Gasteiger partial charge on any atom is -0.301 e. The minimum absolute atomic E-state index is 0.0565. The number of alkyl halides is 1. The molecule has 0 N–H and O–H groups in total. The van der Waals surface area contributed by atoms with E-state index >= 15 is 0 Å². The average Bonchev–Trinajstić information content (AvgIpc) is 2.50. The van der Waals surface area contributed by atoms with Crippen molar-refractivity contribution in [2.45, 2.75) is 4.71 Å². The number of halogens is 2. The molecule has 0 bridgehead atoms. The van der Waals surface area contributed by atoms with Crippen molar-refractivity contribution < 1.29 is 4.79 Å². The van der Waals surface area contributed by atoms with Gasteiger partial charge in [-0.25, -0.2) is 0 Å². The normalized spacial score (nSPS) is 21.7. The molecule has 74 valence electrons. The third-order valence-corrected chi connectivity index (χ3v) is 3.67. The smallest absolute Gasteiger partial charge is 0.256 e. The molecule has 1 amide bonds. The Kier molecular flexibility index (Phi) is 2.91. The molecule has 1 aliphatic rings. The summed E-state index contributed by atoms with van der Waals surface area (Å²) in [4.78, 5) is 13.2. The van der Waals surface area contributed by atoms with Crippen molar-refractivity contribution in [1.29, 1.82) is 0 Å². The predicted molar refractivity (Wildman–Crippen MR) is 61.0 cm³/mol. The van der Waals surface area contributed by atoms with Gasteiger partial charge in [0, 0.05) is 10.7 Å². The summed E-state index contributed by atoms with van der Waals surface area (Å²) >= 11 is 13.0. The van der Waals surface area contributed by atoms with Gasteiger partial charge in [-0.05, 0) is 24.3 Å². The van der Waals surface area contributed by atoms with Crippen molar-refractivity contribution in [2.75, 3.05) is 10.8 Å². The highest BCUT2D eigenvalue weighted by atomic mass is 35.5. The molecule has 1 atom stereocenters. The van der Waals surface area contributed by atoms with Crippen LogP contribution in [0.5, 0.6) is 0 Å². The fourth-order valence-corrected chi connectivity index (χ4v) is 2.46. The molecular weight excluding hydrogens is 241 g/mol. The molecule has 0 radical (unpaired) electrons. The Morgan fingerprint density at radius 3 is 2.50 bits per heavy atom. The van der Waals surface area contributed by atoms with Crippen LogP contribution >= 0.6 is 35.0 Å². The van der Waals surface area contributed by atoms with Gasteiger partial charge in [-0.1, -0.05) is 11.6 Å². The maximum absolute atomic E-state index is 11.5. The highest BCUT2D eigenvalue weighted by Crippen LogP contribution is 2.31. The number of carbonyl (C=O) groups excluding carboxylic acids is 1. The first-order chi connectivity index (χ1) is 6.68. The zero-order valence-electron chi connectivity index (χ0n) is 7.11. The average molecular weight is 248 g/mol. The van der Waals surface area contributed by atoms with Gasteiger partial charge in [0.2, 0.25) is 0 Å². The van der Waals surface area contributed by atoms with Gasteiger partial charge in [-0.3, -0.25) is 4.79 Å². The van der Waals surface area contributed by atoms with Crippen LogP contribution in [0.15, 0.2) is 24.3 Å². The molecule has 0 spiro atoms. The van der Waals surface area contributed by atoms with Gasteiger partial charge in [0.05, 0.1) is 5.88 Å². The Hall–Kier alpha value is -0.380. The van der Waals surface area contributed by atoms with Crippen LogP contribution in [0.4, 0.5) is 5.69 Å². The van der Waals surface area contributed by atoms with Crippen LogP contribution in [0.2, 0.25) is 5.02 Å². The van der Waals surface area contributed by atoms with E-state index in [1.54, 1.807) is 17.0 Å². The van der Waals surface area contributed by atoms with Gasteiger partial charge in [0.1, 0.15) is 0 Å². The summed E-state index contributed by atoms with van der Waals surface area (Å²) in [7, 11) is 0. The highest BCUT2D eigenvalue weighted by Gasteiger charge is 2.31. The second-order valence-corrected chi connectivity index (χ2v) is 5.05. The number of anilines is 1. The van der Waals surface area contributed by atoms with E-state index in [4.69, 9.17) is 23.2 Å². The van der Waals surface area contributed by atoms with Gasteiger partial charge in [0.15, 0.2) is 4.71 Å². The van der Waals surface area contributed by atoms with Crippen molar-refractivity contribution in [3.63, 3.8) is 0 Å². The van der Waals surface area contributed by atoms with Crippen molar-refractivity contribution >= 4 is 46.6 Å². The van der Waals surface area contributed by atoms with Gasteiger partial charge in [-0.15, -0.1) is 23.4 Å². The second-order valence-electron chi connectivity index (χ2n) is 2.85. The molecule has 1 fully saturated rings. The minimum atomic E-state index is -0.453. The van der Waals surface area contributed by atoms with Gasteiger partial charge in [0.25, 0.3) is 5.91 Å². The number of nitrogens with zero attached hydrogens (tertiary/aromatic N) is 1. The van der Waals surface area contributed by atoms with Gasteiger partial charge in [-0.2, -0.15) is 0 Å². The van der Waals surface area contributed by atoms with Crippen LogP contribution in [0.25, 0.3) is 0 Å². The summed E-state index contributed by atoms with van der Waals surface area (Å²) in [5.74, 6) is 0.549. The van der Waals surface area contributed by atoms with Crippen molar-refractivity contribution in [1.82, 2.24) is 0 Å². The quantitative estimate of drug-likeness (QED) is 0.712. The Bertz CT molecular complexity index is 354. The van der Waals surface area contributed by atoms with Crippen LogP contribution in [0.1, 0.15) is 0 Å². The van der Waals surface area contributed by atoms with Crippen molar-refractivity contribution in [2.24, 2.45) is 0 Å². The molecule has 1 aliphatic heterocycles. The van der Waals surface area contributed by atoms with E-state index in [0.29, 0.717) is 10.9 Å². The largest absolute Gasteiger partial charge is 0.301 e. The SMILES string of the molecule is O=C1C(Cl)SCN1c1ccc(Cl)cc1. The lowest BCUT2D eigenvalue weighted by Gasteiger charge is -2.14. The summed E-state index contributed by atoms with van der Waals surface area (Å²) < 4.78 is -0.453. The highest BCUT2D eigenvalue weighted by molar-refractivity contribution is 8.02. The Balaban J connectivity index is 2.24. The topological polar surface area (TPSA) is 20.3 Å². The zero-order valence-corrected chi connectivity index (χ0v) is 9.44. The molecule has 0 saturated carbocycles. The van der Waals surface area contributed by atoms with Crippen LogP contribution in [-0.2, 0) is 4.79 Å². The van der Waals surface area contributed by atoms with Gasteiger partial charge < -0.3 is 4.90 Å². The molecule has 0 aromatic heterocycles. The van der Waals surface area contributed by atoms with E-state index in [1.807, 2.05) is 12.1 Å². The monoisotopic (exact) mass is 247 g/mol. The Labute approximate surface area is 96.2 Å². The molecular formula is C9H7Cl2NOS. The number of thioether (sulfide) groups is 1. The number of rotatable bonds is 1. The molecule has 1 aromatic carbocycles. The van der Waals surface area contributed by atoms with Crippen molar-refractivity contribution in [3.05, 3.63) is 29.3 Å². The van der Waals surface area contributed by atoms with E-state index in [-0.39, 0.29) is 5.91 Å². The molecule has 2 rings (SSSR count). The molecule has 14 heavy (non-hydrogen) atoms. The summed E-state index contributed by atoms with van der Waals surface area (Å²) in [6.45, 7) is 0. The Morgan fingerprint density at radius 2 is 2.00 bits per heavy atom. The third-order valence-electron chi connectivity index (χ3n) is 1.95. The summed E-state index contributed by atoms with van der Waals surface area (Å²) in [5.41, 5.74) is 0.843. The predicted octanol–water partition coefficient (Wildman–Crippen LogP) is 2.94. The molecule has 1 heterocycles. The standard InChI is InChI=1S/C9H7Cl2NOS/c10-6-1-3-7(4-2-6)12-5-14-8(11)9(12)13/h1-4,8H,5H2. The number of benzene rings is 1. The van der Waals surface area contributed by atoms with E-state index < -0.39 is 4.71 Å². The van der Waals surface area contributed by atoms with Crippen LogP contribution in [0.3, 0.4) is 0 Å². The molecule has 2 nitrogen and oxygen atoms in total. The Morgan fingerprint density at radius 1 is 1.36 bits per heavy atom. The molecule has 0 aliphatic carbocycles. The summed E-state index contributed by atoms with van der Waals surface area (Å²) in [6, 6.07) is 7.15. The van der Waals surface area contributed by atoms with E-state index in [9.17, 15) is 4.79 Å². The lowest BCUT2D eigenvalue weighted by Crippen LogP contribution is -2.26. The maximum atomic E-state index is 11.5.